The fourth-order valence-corrected chi connectivity index (χ4v) is 1.39. The molecule has 0 radical (unpaired) electrons. The molecule has 0 aliphatic heterocycles. The smallest absolute Gasteiger partial charge is 0.264 e. The summed E-state index contributed by atoms with van der Waals surface area (Å²) in [5.41, 5.74) is 1.15. The van der Waals surface area contributed by atoms with Crippen molar-refractivity contribution >= 4 is 5.91 Å². The van der Waals surface area contributed by atoms with Crippen molar-refractivity contribution in [3.05, 3.63) is 52.2 Å². The molecular formula is C11H12N4O2. The molecule has 6 heteroatoms. The average molecular weight is 232 g/mol. The van der Waals surface area contributed by atoms with E-state index in [1.807, 2.05) is 6.07 Å². The molecule has 6 nitrogen and oxygen atoms in total. The first-order valence-corrected chi connectivity index (χ1v) is 5.17. The molecule has 0 spiro atoms. The summed E-state index contributed by atoms with van der Waals surface area (Å²) in [4.78, 5) is 26.4. The molecule has 2 rings (SSSR count). The molecule has 0 bridgehead atoms. The van der Waals surface area contributed by atoms with Crippen molar-refractivity contribution in [3.63, 3.8) is 0 Å². The molecule has 88 valence electrons. The van der Waals surface area contributed by atoms with Crippen molar-refractivity contribution in [1.82, 2.24) is 20.5 Å². The molecule has 0 unspecified atom stereocenters. The first-order valence-electron chi connectivity index (χ1n) is 5.17. The topological polar surface area (TPSA) is 90.6 Å². The van der Waals surface area contributed by atoms with Gasteiger partial charge in [0.25, 0.3) is 5.56 Å². The average Bonchev–Trinajstić information content (AvgIpc) is 2.74. The van der Waals surface area contributed by atoms with Crippen LogP contribution < -0.4 is 10.9 Å². The van der Waals surface area contributed by atoms with Crippen LogP contribution in [0.25, 0.3) is 0 Å². The molecule has 2 heterocycles. The zero-order valence-electron chi connectivity index (χ0n) is 9.06. The van der Waals surface area contributed by atoms with Crippen LogP contribution in [0, 0.1) is 0 Å². The summed E-state index contributed by atoms with van der Waals surface area (Å²) in [7, 11) is 0. The number of nitrogens with one attached hydrogen (secondary N) is 3. The third-order valence-corrected chi connectivity index (χ3v) is 2.20. The highest BCUT2D eigenvalue weighted by molar-refractivity contribution is 5.77. The Morgan fingerprint density at radius 1 is 1.35 bits per heavy atom. The molecule has 0 aliphatic rings. The van der Waals surface area contributed by atoms with Crippen LogP contribution >= 0.6 is 0 Å². The highest BCUT2D eigenvalue weighted by Gasteiger charge is 2.04. The molecule has 3 N–H and O–H groups in total. The quantitative estimate of drug-likeness (QED) is 0.690. The maximum atomic E-state index is 11.5. The minimum Gasteiger partial charge on any atom is -0.350 e. The molecule has 0 atom stereocenters. The van der Waals surface area contributed by atoms with Crippen LogP contribution in [0.1, 0.15) is 11.4 Å². The maximum Gasteiger partial charge on any atom is 0.264 e. The van der Waals surface area contributed by atoms with E-state index in [2.05, 4.69) is 20.5 Å². The Morgan fingerprint density at radius 2 is 2.24 bits per heavy atom. The summed E-state index contributed by atoms with van der Waals surface area (Å²) in [5.74, 6) is -0.134. The van der Waals surface area contributed by atoms with Crippen molar-refractivity contribution < 1.29 is 4.79 Å². The van der Waals surface area contributed by atoms with Crippen LogP contribution in [0.4, 0.5) is 0 Å². The van der Waals surface area contributed by atoms with E-state index in [1.165, 1.54) is 6.07 Å². The molecular weight excluding hydrogens is 220 g/mol. The SMILES string of the molecule is O=C(Cc1ccccn1)NCc1cc(=O)[nH][nH]1. The number of pyridine rings is 1. The predicted molar refractivity (Wildman–Crippen MR) is 61.2 cm³/mol. The summed E-state index contributed by atoms with van der Waals surface area (Å²) in [6.07, 6.45) is 1.88. The second-order valence-corrected chi connectivity index (χ2v) is 3.56. The summed E-state index contributed by atoms with van der Waals surface area (Å²) >= 11 is 0. The first kappa shape index (κ1) is 11.1. The van der Waals surface area contributed by atoms with Gasteiger partial charge in [0.05, 0.1) is 18.7 Å². The van der Waals surface area contributed by atoms with Crippen LogP contribution in [-0.2, 0) is 17.8 Å². The van der Waals surface area contributed by atoms with Crippen LogP contribution in [0.3, 0.4) is 0 Å². The first-order chi connectivity index (χ1) is 8.24. The number of amides is 1. The third-order valence-electron chi connectivity index (χ3n) is 2.20. The molecule has 0 aromatic carbocycles. The van der Waals surface area contributed by atoms with E-state index < -0.39 is 0 Å². The van der Waals surface area contributed by atoms with Crippen LogP contribution in [0.5, 0.6) is 0 Å². The predicted octanol–water partition coefficient (Wildman–Crippen LogP) is -0.0431. The lowest BCUT2D eigenvalue weighted by molar-refractivity contribution is -0.120. The van der Waals surface area contributed by atoms with Crippen molar-refractivity contribution in [2.45, 2.75) is 13.0 Å². The van der Waals surface area contributed by atoms with E-state index in [4.69, 9.17) is 0 Å². The van der Waals surface area contributed by atoms with Crippen molar-refractivity contribution in [2.24, 2.45) is 0 Å². The molecule has 0 saturated heterocycles. The second kappa shape index (κ2) is 5.11. The minimum atomic E-state index is -0.209. The monoisotopic (exact) mass is 232 g/mol. The number of nitrogens with zero attached hydrogens (tertiary/aromatic N) is 1. The van der Waals surface area contributed by atoms with Gasteiger partial charge in [-0.25, -0.2) is 0 Å². The summed E-state index contributed by atoms with van der Waals surface area (Å²) in [5, 5.41) is 7.75. The second-order valence-electron chi connectivity index (χ2n) is 3.56. The molecule has 0 saturated carbocycles. The Morgan fingerprint density at radius 3 is 2.88 bits per heavy atom. The number of carbonyl (C=O) groups excluding carboxylic acids is 1. The van der Waals surface area contributed by atoms with E-state index in [9.17, 15) is 9.59 Å². The van der Waals surface area contributed by atoms with Crippen LogP contribution in [0.15, 0.2) is 35.3 Å². The molecule has 2 aromatic heterocycles. The zero-order chi connectivity index (χ0) is 12.1. The van der Waals surface area contributed by atoms with E-state index >= 15 is 0 Å². The maximum absolute atomic E-state index is 11.5. The van der Waals surface area contributed by atoms with Gasteiger partial charge >= 0.3 is 0 Å². The normalized spacial score (nSPS) is 10.1. The van der Waals surface area contributed by atoms with Gasteiger partial charge in [-0.15, -0.1) is 0 Å². The standard InChI is InChI=1S/C11H12N4O2/c16-10(5-8-3-1-2-4-12-8)13-7-9-6-11(17)15-14-9/h1-4,6H,5,7H2,(H,13,16)(H2,14,15,17). The highest BCUT2D eigenvalue weighted by Crippen LogP contribution is 1.95. The Labute approximate surface area is 97.1 Å². The van der Waals surface area contributed by atoms with Gasteiger partial charge in [0.2, 0.25) is 5.91 Å². The van der Waals surface area contributed by atoms with E-state index in [0.717, 1.165) is 0 Å². The highest BCUT2D eigenvalue weighted by atomic mass is 16.1. The lowest BCUT2D eigenvalue weighted by Gasteiger charge is -2.02. The lowest BCUT2D eigenvalue weighted by Crippen LogP contribution is -2.25. The molecule has 0 aliphatic carbocycles. The van der Waals surface area contributed by atoms with Gasteiger partial charge in [-0.05, 0) is 12.1 Å². The van der Waals surface area contributed by atoms with Crippen LogP contribution in [-0.4, -0.2) is 21.1 Å². The Bertz CT molecular complexity index is 544. The fourth-order valence-electron chi connectivity index (χ4n) is 1.39. The van der Waals surface area contributed by atoms with Gasteiger partial charge in [-0.3, -0.25) is 19.7 Å². The largest absolute Gasteiger partial charge is 0.350 e. The third kappa shape index (κ3) is 3.30. The number of rotatable bonds is 4. The number of hydrogen-bond acceptors (Lipinski definition) is 3. The Kier molecular flexibility index (Phi) is 3.34. The molecule has 2 aromatic rings. The molecule has 17 heavy (non-hydrogen) atoms. The van der Waals surface area contributed by atoms with Gasteiger partial charge in [-0.1, -0.05) is 6.07 Å². The van der Waals surface area contributed by atoms with Gasteiger partial charge < -0.3 is 10.4 Å². The van der Waals surface area contributed by atoms with Crippen molar-refractivity contribution in [3.8, 4) is 0 Å². The number of aromatic amines is 2. The fraction of sp³-hybridized carbons (Fsp3) is 0.182. The number of aromatic nitrogens is 3. The van der Waals surface area contributed by atoms with Crippen molar-refractivity contribution in [1.29, 1.82) is 0 Å². The minimum absolute atomic E-state index is 0.134. The number of H-pyrrole nitrogens is 2. The van der Waals surface area contributed by atoms with E-state index in [0.29, 0.717) is 17.9 Å². The lowest BCUT2D eigenvalue weighted by atomic mass is 10.2. The van der Waals surface area contributed by atoms with Crippen molar-refractivity contribution in [2.75, 3.05) is 0 Å². The van der Waals surface area contributed by atoms with E-state index in [1.54, 1.807) is 18.3 Å². The Hall–Kier alpha value is -2.37. The number of carbonyl (C=O) groups is 1. The van der Waals surface area contributed by atoms with Gasteiger partial charge in [0.1, 0.15) is 0 Å². The molecule has 0 fully saturated rings. The van der Waals surface area contributed by atoms with Gasteiger partial charge in [0.15, 0.2) is 0 Å². The summed E-state index contributed by atoms with van der Waals surface area (Å²) in [6, 6.07) is 6.82. The molecule has 1 amide bonds. The van der Waals surface area contributed by atoms with Gasteiger partial charge in [0, 0.05) is 18.0 Å². The summed E-state index contributed by atoms with van der Waals surface area (Å²) < 4.78 is 0. The van der Waals surface area contributed by atoms with Crippen LogP contribution in [0.2, 0.25) is 0 Å². The number of hydrogen-bond donors (Lipinski definition) is 3. The van der Waals surface area contributed by atoms with E-state index in [-0.39, 0.29) is 17.9 Å². The zero-order valence-corrected chi connectivity index (χ0v) is 9.06. The Balaban J connectivity index is 1.84. The van der Waals surface area contributed by atoms with Gasteiger partial charge in [-0.2, -0.15) is 0 Å². The summed E-state index contributed by atoms with van der Waals surface area (Å²) in [6.45, 7) is 0.296.